The smallest absolute Gasteiger partial charge is 0.308 e. The number of allylic oxidation sites excluding steroid dienone is 2. The van der Waals surface area contributed by atoms with Crippen molar-refractivity contribution >= 4 is 5.97 Å². The first kappa shape index (κ1) is 11.7. The van der Waals surface area contributed by atoms with Crippen LogP contribution < -0.4 is 0 Å². The number of ether oxygens (including phenoxy) is 1. The number of hydrogen-bond acceptors (Lipinski definition) is 2. The van der Waals surface area contributed by atoms with Gasteiger partial charge in [-0.05, 0) is 5.57 Å². The lowest BCUT2D eigenvalue weighted by atomic mass is 10.2. The van der Waals surface area contributed by atoms with E-state index in [1.165, 1.54) is 0 Å². The van der Waals surface area contributed by atoms with Gasteiger partial charge < -0.3 is 4.74 Å². The molecule has 0 heterocycles. The van der Waals surface area contributed by atoms with E-state index < -0.39 is 0 Å². The summed E-state index contributed by atoms with van der Waals surface area (Å²) >= 11 is 0. The topological polar surface area (TPSA) is 26.3 Å². The summed E-state index contributed by atoms with van der Waals surface area (Å²) in [7, 11) is 0. The Morgan fingerprint density at radius 1 is 1.46 bits per heavy atom. The van der Waals surface area contributed by atoms with Gasteiger partial charge in [-0.2, -0.15) is 0 Å². The molecule has 72 valence electrons. The lowest BCUT2D eigenvalue weighted by Crippen LogP contribution is -2.12. The minimum Gasteiger partial charge on any atom is -0.461 e. The number of esters is 1. The number of carbonyl (C=O) groups is 1. The molecule has 0 atom stereocenters. The van der Waals surface area contributed by atoms with Crippen LogP contribution in [-0.4, -0.2) is 12.6 Å². The van der Waals surface area contributed by atoms with Crippen LogP contribution in [0.5, 0.6) is 0 Å². The van der Waals surface area contributed by atoms with E-state index in [1.54, 1.807) is 32.1 Å². The van der Waals surface area contributed by atoms with Crippen LogP contribution in [0.15, 0.2) is 37.0 Å². The highest BCUT2D eigenvalue weighted by Crippen LogP contribution is 2.01. The van der Waals surface area contributed by atoms with Gasteiger partial charge in [-0.1, -0.05) is 45.2 Å². The number of carbonyl (C=O) groups excluding carboxylic acids is 1. The van der Waals surface area contributed by atoms with Crippen molar-refractivity contribution in [2.45, 2.75) is 13.8 Å². The van der Waals surface area contributed by atoms with Gasteiger partial charge in [-0.15, -0.1) is 0 Å². The largest absolute Gasteiger partial charge is 0.461 e. The van der Waals surface area contributed by atoms with Crippen molar-refractivity contribution in [3.63, 3.8) is 0 Å². The highest BCUT2D eigenvalue weighted by molar-refractivity contribution is 5.71. The standard InChI is InChI=1S/C11H16O2/c1-5-7-10(6-2)8-13-11(12)9(3)4/h5-7,9H,1-2,8H2,3-4H3. The molecule has 0 amide bonds. The normalized spacial score (nSPS) is 11.2. The second-order valence-electron chi connectivity index (χ2n) is 2.94. The van der Waals surface area contributed by atoms with Crippen LogP contribution in [0, 0.1) is 5.92 Å². The van der Waals surface area contributed by atoms with Crippen LogP contribution in [0.3, 0.4) is 0 Å². The summed E-state index contributed by atoms with van der Waals surface area (Å²) in [4.78, 5) is 11.1. The lowest BCUT2D eigenvalue weighted by Gasteiger charge is -2.06. The Morgan fingerprint density at radius 3 is 2.46 bits per heavy atom. The van der Waals surface area contributed by atoms with Crippen LogP contribution in [0.2, 0.25) is 0 Å². The van der Waals surface area contributed by atoms with E-state index in [9.17, 15) is 4.79 Å². The average molecular weight is 180 g/mol. The molecule has 0 aromatic rings. The Bertz CT molecular complexity index is 224. The molecular formula is C11H16O2. The molecule has 0 unspecified atom stereocenters. The molecule has 2 nitrogen and oxygen atoms in total. The molecule has 2 heteroatoms. The molecule has 0 radical (unpaired) electrons. The Balaban J connectivity index is 3.99. The monoisotopic (exact) mass is 180 g/mol. The van der Waals surface area contributed by atoms with E-state index in [0.717, 1.165) is 5.57 Å². The van der Waals surface area contributed by atoms with Gasteiger partial charge in [0.1, 0.15) is 6.61 Å². The van der Waals surface area contributed by atoms with Gasteiger partial charge in [0.15, 0.2) is 0 Å². The van der Waals surface area contributed by atoms with E-state index in [0.29, 0.717) is 0 Å². The zero-order valence-corrected chi connectivity index (χ0v) is 8.25. The Labute approximate surface area is 79.6 Å². The van der Waals surface area contributed by atoms with Gasteiger partial charge >= 0.3 is 5.97 Å². The van der Waals surface area contributed by atoms with Gasteiger partial charge in [-0.25, -0.2) is 0 Å². The molecule has 0 saturated heterocycles. The minimum absolute atomic E-state index is 0.0882. The molecule has 0 aromatic heterocycles. The van der Waals surface area contributed by atoms with E-state index in [4.69, 9.17) is 4.74 Å². The van der Waals surface area contributed by atoms with Crippen LogP contribution in [0.25, 0.3) is 0 Å². The zero-order valence-electron chi connectivity index (χ0n) is 8.25. The second-order valence-corrected chi connectivity index (χ2v) is 2.94. The third-order valence-electron chi connectivity index (χ3n) is 1.45. The van der Waals surface area contributed by atoms with Crippen molar-refractivity contribution < 1.29 is 9.53 Å². The maximum absolute atomic E-state index is 11.1. The fraction of sp³-hybridized carbons (Fsp3) is 0.364. The first-order chi connectivity index (χ1) is 6.11. The molecule has 0 rings (SSSR count). The summed E-state index contributed by atoms with van der Waals surface area (Å²) < 4.78 is 4.98. The molecule has 0 aliphatic rings. The fourth-order valence-corrected chi connectivity index (χ4v) is 0.648. The van der Waals surface area contributed by atoms with Crippen molar-refractivity contribution in [3.8, 4) is 0 Å². The number of rotatable bonds is 5. The molecule has 0 N–H and O–H groups in total. The molecule has 13 heavy (non-hydrogen) atoms. The van der Waals surface area contributed by atoms with E-state index in [2.05, 4.69) is 13.2 Å². The molecule has 0 spiro atoms. The molecule has 0 fully saturated rings. The Morgan fingerprint density at radius 2 is 2.08 bits per heavy atom. The van der Waals surface area contributed by atoms with Gasteiger partial charge in [0, 0.05) is 0 Å². The zero-order chi connectivity index (χ0) is 10.3. The summed E-state index contributed by atoms with van der Waals surface area (Å²) in [5.74, 6) is -0.286. The summed E-state index contributed by atoms with van der Waals surface area (Å²) in [6.45, 7) is 11.0. The third-order valence-corrected chi connectivity index (χ3v) is 1.45. The Hall–Kier alpha value is -1.31. The summed E-state index contributed by atoms with van der Waals surface area (Å²) in [6, 6.07) is 0. The predicted octanol–water partition coefficient (Wildman–Crippen LogP) is 2.48. The van der Waals surface area contributed by atoms with Crippen LogP contribution in [0.1, 0.15) is 13.8 Å². The van der Waals surface area contributed by atoms with E-state index in [-0.39, 0.29) is 18.5 Å². The Kier molecular flexibility index (Phi) is 5.60. The summed E-state index contributed by atoms with van der Waals surface area (Å²) in [6.07, 6.45) is 5.05. The van der Waals surface area contributed by atoms with Crippen molar-refractivity contribution in [1.82, 2.24) is 0 Å². The summed E-state index contributed by atoms with van der Waals surface area (Å²) in [5, 5.41) is 0. The maximum Gasteiger partial charge on any atom is 0.308 e. The van der Waals surface area contributed by atoms with Crippen molar-refractivity contribution in [1.29, 1.82) is 0 Å². The SMILES string of the molecule is C=CC=C(C=C)COC(=O)C(C)C. The lowest BCUT2D eigenvalue weighted by molar-refractivity contribution is -0.146. The first-order valence-corrected chi connectivity index (χ1v) is 4.22. The van der Waals surface area contributed by atoms with Crippen molar-refractivity contribution in [2.24, 2.45) is 5.92 Å². The molecule has 0 aliphatic heterocycles. The van der Waals surface area contributed by atoms with Crippen LogP contribution in [0.4, 0.5) is 0 Å². The van der Waals surface area contributed by atoms with Gasteiger partial charge in [0.2, 0.25) is 0 Å². The quantitative estimate of drug-likeness (QED) is 0.480. The highest BCUT2D eigenvalue weighted by atomic mass is 16.5. The first-order valence-electron chi connectivity index (χ1n) is 4.22. The minimum atomic E-state index is -0.197. The number of hydrogen-bond donors (Lipinski definition) is 0. The molecular weight excluding hydrogens is 164 g/mol. The van der Waals surface area contributed by atoms with Crippen LogP contribution in [-0.2, 0) is 9.53 Å². The third kappa shape index (κ3) is 5.01. The van der Waals surface area contributed by atoms with E-state index in [1.807, 2.05) is 0 Å². The summed E-state index contributed by atoms with van der Waals surface area (Å²) in [5.41, 5.74) is 0.851. The van der Waals surface area contributed by atoms with Gasteiger partial charge in [0.25, 0.3) is 0 Å². The maximum atomic E-state index is 11.1. The second kappa shape index (κ2) is 6.23. The van der Waals surface area contributed by atoms with Gasteiger partial charge in [-0.3, -0.25) is 4.79 Å². The molecule has 0 bridgehead atoms. The molecule has 0 aromatic carbocycles. The fourth-order valence-electron chi connectivity index (χ4n) is 0.648. The molecule has 0 saturated carbocycles. The highest BCUT2D eigenvalue weighted by Gasteiger charge is 2.07. The predicted molar refractivity (Wildman–Crippen MR) is 54.3 cm³/mol. The van der Waals surface area contributed by atoms with Gasteiger partial charge in [0.05, 0.1) is 5.92 Å². The van der Waals surface area contributed by atoms with Crippen LogP contribution >= 0.6 is 0 Å². The van der Waals surface area contributed by atoms with E-state index >= 15 is 0 Å². The average Bonchev–Trinajstić information content (AvgIpc) is 2.11. The van der Waals surface area contributed by atoms with Crippen molar-refractivity contribution in [3.05, 3.63) is 37.0 Å². The molecule has 0 aliphatic carbocycles. The van der Waals surface area contributed by atoms with Crippen molar-refractivity contribution in [2.75, 3.05) is 6.61 Å².